The molecule has 0 aromatic carbocycles. The van der Waals surface area contributed by atoms with Crippen LogP contribution in [0.2, 0.25) is 0 Å². The number of hydrogen-bond donors (Lipinski definition) is 1. The van der Waals surface area contributed by atoms with Gasteiger partial charge in [0.05, 0.1) is 5.69 Å². The van der Waals surface area contributed by atoms with Crippen molar-refractivity contribution in [2.24, 2.45) is 17.8 Å². The van der Waals surface area contributed by atoms with E-state index in [1.807, 2.05) is 13.0 Å². The second kappa shape index (κ2) is 5.87. The van der Waals surface area contributed by atoms with Crippen molar-refractivity contribution >= 4 is 0 Å². The minimum Gasteiger partial charge on any atom is -0.361 e. The van der Waals surface area contributed by atoms with Crippen molar-refractivity contribution in [3.8, 4) is 0 Å². The highest BCUT2D eigenvalue weighted by Gasteiger charge is 2.30. The van der Waals surface area contributed by atoms with Crippen molar-refractivity contribution in [3.63, 3.8) is 0 Å². The highest BCUT2D eigenvalue weighted by atomic mass is 16.5. The molecule has 3 nitrogen and oxygen atoms in total. The SMILES string of the molecule is Cc1cc(CNC2CC(C)CCC2C(C)C)no1. The zero-order chi connectivity index (χ0) is 13.1. The smallest absolute Gasteiger partial charge is 0.133 e. The molecule has 1 aromatic rings. The molecule has 0 saturated heterocycles. The van der Waals surface area contributed by atoms with E-state index in [4.69, 9.17) is 4.52 Å². The molecule has 1 fully saturated rings. The normalized spacial score (nSPS) is 28.8. The Kier molecular flexibility index (Phi) is 4.44. The van der Waals surface area contributed by atoms with Gasteiger partial charge in [-0.05, 0) is 37.5 Å². The van der Waals surface area contributed by atoms with Crippen LogP contribution < -0.4 is 5.32 Å². The van der Waals surface area contributed by atoms with Gasteiger partial charge in [0.15, 0.2) is 0 Å². The lowest BCUT2D eigenvalue weighted by Crippen LogP contribution is -2.42. The minimum absolute atomic E-state index is 0.630. The average Bonchev–Trinajstić information content (AvgIpc) is 2.72. The second-order valence-corrected chi connectivity index (χ2v) is 6.24. The maximum Gasteiger partial charge on any atom is 0.133 e. The monoisotopic (exact) mass is 250 g/mol. The van der Waals surface area contributed by atoms with E-state index in [1.165, 1.54) is 19.3 Å². The van der Waals surface area contributed by atoms with E-state index < -0.39 is 0 Å². The molecule has 1 aliphatic rings. The van der Waals surface area contributed by atoms with Gasteiger partial charge in [-0.1, -0.05) is 32.3 Å². The Bertz CT molecular complexity index is 372. The van der Waals surface area contributed by atoms with E-state index in [9.17, 15) is 0 Å². The molecule has 1 aromatic heterocycles. The standard InChI is InChI=1S/C15H26N2O/c1-10(2)14-6-5-11(3)7-15(14)16-9-13-8-12(4)18-17-13/h8,10-11,14-16H,5-7,9H2,1-4H3. The Labute approximate surface area is 110 Å². The molecule has 0 amide bonds. The van der Waals surface area contributed by atoms with E-state index >= 15 is 0 Å². The minimum atomic E-state index is 0.630. The first-order valence-electron chi connectivity index (χ1n) is 7.22. The topological polar surface area (TPSA) is 38.1 Å². The van der Waals surface area contributed by atoms with Gasteiger partial charge in [0.2, 0.25) is 0 Å². The Balaban J connectivity index is 1.92. The molecule has 3 unspecified atom stereocenters. The summed E-state index contributed by atoms with van der Waals surface area (Å²) in [5.41, 5.74) is 1.02. The first kappa shape index (κ1) is 13.6. The summed E-state index contributed by atoms with van der Waals surface area (Å²) >= 11 is 0. The van der Waals surface area contributed by atoms with Crippen LogP contribution in [0.1, 0.15) is 51.5 Å². The van der Waals surface area contributed by atoms with Crippen LogP contribution in [0.4, 0.5) is 0 Å². The van der Waals surface area contributed by atoms with E-state index in [-0.39, 0.29) is 0 Å². The number of aryl methyl sites for hydroxylation is 1. The predicted molar refractivity (Wildman–Crippen MR) is 73.2 cm³/mol. The molecule has 3 atom stereocenters. The molecular formula is C15H26N2O. The fourth-order valence-electron chi connectivity index (χ4n) is 3.17. The molecular weight excluding hydrogens is 224 g/mol. The third kappa shape index (κ3) is 3.35. The van der Waals surface area contributed by atoms with E-state index in [1.54, 1.807) is 0 Å². The fourth-order valence-corrected chi connectivity index (χ4v) is 3.17. The van der Waals surface area contributed by atoms with Crippen molar-refractivity contribution in [3.05, 3.63) is 17.5 Å². The Morgan fingerprint density at radius 1 is 1.44 bits per heavy atom. The first-order valence-corrected chi connectivity index (χ1v) is 7.22. The van der Waals surface area contributed by atoms with Crippen LogP contribution in [-0.4, -0.2) is 11.2 Å². The number of nitrogens with zero attached hydrogens (tertiary/aromatic N) is 1. The molecule has 2 rings (SSSR count). The number of hydrogen-bond acceptors (Lipinski definition) is 3. The molecule has 18 heavy (non-hydrogen) atoms. The largest absolute Gasteiger partial charge is 0.361 e. The molecule has 1 N–H and O–H groups in total. The van der Waals surface area contributed by atoms with Crippen LogP contribution in [0.15, 0.2) is 10.6 Å². The summed E-state index contributed by atoms with van der Waals surface area (Å²) in [5, 5.41) is 7.74. The van der Waals surface area contributed by atoms with Gasteiger partial charge in [-0.15, -0.1) is 0 Å². The maximum absolute atomic E-state index is 5.11. The third-order valence-corrected chi connectivity index (χ3v) is 4.24. The third-order valence-electron chi connectivity index (χ3n) is 4.24. The van der Waals surface area contributed by atoms with Crippen LogP contribution in [0, 0.1) is 24.7 Å². The van der Waals surface area contributed by atoms with Gasteiger partial charge in [0.25, 0.3) is 0 Å². The number of nitrogens with one attached hydrogen (secondary N) is 1. The van der Waals surface area contributed by atoms with Crippen LogP contribution in [0.5, 0.6) is 0 Å². The highest BCUT2D eigenvalue weighted by molar-refractivity contribution is 5.03. The second-order valence-electron chi connectivity index (χ2n) is 6.24. The lowest BCUT2D eigenvalue weighted by molar-refractivity contribution is 0.168. The van der Waals surface area contributed by atoms with Crippen LogP contribution in [-0.2, 0) is 6.54 Å². The summed E-state index contributed by atoms with van der Waals surface area (Å²) < 4.78 is 5.11. The van der Waals surface area contributed by atoms with Gasteiger partial charge in [-0.2, -0.15) is 0 Å². The van der Waals surface area contributed by atoms with Gasteiger partial charge in [-0.25, -0.2) is 0 Å². The van der Waals surface area contributed by atoms with Crippen LogP contribution >= 0.6 is 0 Å². The van der Waals surface area contributed by atoms with E-state index in [2.05, 4.69) is 31.2 Å². The molecule has 102 valence electrons. The Hall–Kier alpha value is -0.830. The zero-order valence-electron chi connectivity index (χ0n) is 12.1. The lowest BCUT2D eigenvalue weighted by Gasteiger charge is -2.37. The zero-order valence-corrected chi connectivity index (χ0v) is 12.1. The van der Waals surface area contributed by atoms with E-state index in [0.717, 1.165) is 35.8 Å². The summed E-state index contributed by atoms with van der Waals surface area (Å²) in [7, 11) is 0. The van der Waals surface area contributed by atoms with Crippen molar-refractivity contribution in [2.45, 2.75) is 59.5 Å². The van der Waals surface area contributed by atoms with Crippen molar-refractivity contribution in [1.82, 2.24) is 10.5 Å². The quantitative estimate of drug-likeness (QED) is 0.888. The van der Waals surface area contributed by atoms with Gasteiger partial charge < -0.3 is 9.84 Å². The van der Waals surface area contributed by atoms with Crippen molar-refractivity contribution in [2.75, 3.05) is 0 Å². The molecule has 1 heterocycles. The molecule has 3 heteroatoms. The summed E-state index contributed by atoms with van der Waals surface area (Å²) in [6.45, 7) is 9.82. The van der Waals surface area contributed by atoms with E-state index in [0.29, 0.717) is 6.04 Å². The lowest BCUT2D eigenvalue weighted by atomic mass is 9.74. The molecule has 0 bridgehead atoms. The molecule has 1 saturated carbocycles. The van der Waals surface area contributed by atoms with Crippen molar-refractivity contribution < 1.29 is 4.52 Å². The summed E-state index contributed by atoms with van der Waals surface area (Å²) in [6, 6.07) is 2.65. The van der Waals surface area contributed by atoms with Gasteiger partial charge >= 0.3 is 0 Å². The summed E-state index contributed by atoms with van der Waals surface area (Å²) in [6.07, 6.45) is 4.03. The fraction of sp³-hybridized carbons (Fsp3) is 0.800. The Morgan fingerprint density at radius 2 is 2.22 bits per heavy atom. The van der Waals surface area contributed by atoms with Gasteiger partial charge in [0, 0.05) is 18.7 Å². The van der Waals surface area contributed by atoms with Gasteiger partial charge in [-0.3, -0.25) is 0 Å². The number of rotatable bonds is 4. The molecule has 0 radical (unpaired) electrons. The Morgan fingerprint density at radius 3 is 2.83 bits per heavy atom. The highest BCUT2D eigenvalue weighted by Crippen LogP contribution is 2.33. The summed E-state index contributed by atoms with van der Waals surface area (Å²) in [5.74, 6) is 3.30. The average molecular weight is 250 g/mol. The van der Waals surface area contributed by atoms with Crippen LogP contribution in [0.3, 0.4) is 0 Å². The van der Waals surface area contributed by atoms with Gasteiger partial charge in [0.1, 0.15) is 5.76 Å². The number of aromatic nitrogens is 1. The summed E-state index contributed by atoms with van der Waals surface area (Å²) in [4.78, 5) is 0. The first-order chi connectivity index (χ1) is 8.56. The van der Waals surface area contributed by atoms with Crippen LogP contribution in [0.25, 0.3) is 0 Å². The van der Waals surface area contributed by atoms with Crippen molar-refractivity contribution in [1.29, 1.82) is 0 Å². The molecule has 0 spiro atoms. The molecule has 0 aliphatic heterocycles. The molecule has 1 aliphatic carbocycles. The predicted octanol–water partition coefficient (Wildman–Crippen LogP) is 3.53. The maximum atomic E-state index is 5.11.